The van der Waals surface area contributed by atoms with E-state index < -0.39 is 0 Å². The van der Waals surface area contributed by atoms with Gasteiger partial charge in [0.2, 0.25) is 0 Å². The van der Waals surface area contributed by atoms with Crippen LogP contribution < -0.4 is 0 Å². The summed E-state index contributed by atoms with van der Waals surface area (Å²) in [6, 6.07) is 15.2. The van der Waals surface area contributed by atoms with Gasteiger partial charge in [-0.2, -0.15) is 0 Å². The van der Waals surface area contributed by atoms with Gasteiger partial charge in [-0.3, -0.25) is 0 Å². The number of rotatable bonds is 2. The Morgan fingerprint density at radius 3 is 2.18 bits per heavy atom. The number of alkyl halides is 1. The lowest BCUT2D eigenvalue weighted by atomic mass is 9.98. The average molecular weight is 289 g/mol. The van der Waals surface area contributed by atoms with E-state index in [4.69, 9.17) is 0 Å². The second-order valence-electron chi connectivity index (χ2n) is 4.56. The minimum absolute atomic E-state index is 0.281. The highest BCUT2D eigenvalue weighted by molar-refractivity contribution is 9.09. The minimum atomic E-state index is 0.281. The van der Waals surface area contributed by atoms with Crippen molar-refractivity contribution >= 4 is 15.9 Å². The number of halogens is 1. The van der Waals surface area contributed by atoms with E-state index >= 15 is 0 Å². The summed E-state index contributed by atoms with van der Waals surface area (Å²) < 4.78 is 0. The van der Waals surface area contributed by atoms with E-state index in [0.29, 0.717) is 0 Å². The third-order valence-electron chi connectivity index (χ3n) is 3.29. The summed E-state index contributed by atoms with van der Waals surface area (Å²) in [4.78, 5) is 0.281. The highest BCUT2D eigenvalue weighted by atomic mass is 79.9. The van der Waals surface area contributed by atoms with Crippen LogP contribution in [0.4, 0.5) is 0 Å². The zero-order valence-corrected chi connectivity index (χ0v) is 12.1. The van der Waals surface area contributed by atoms with Crippen molar-refractivity contribution in [2.45, 2.75) is 25.6 Å². The summed E-state index contributed by atoms with van der Waals surface area (Å²) in [6.07, 6.45) is 0. The van der Waals surface area contributed by atoms with Gasteiger partial charge in [0.1, 0.15) is 0 Å². The molecule has 0 bridgehead atoms. The summed E-state index contributed by atoms with van der Waals surface area (Å²) in [6.45, 7) is 6.47. The molecule has 17 heavy (non-hydrogen) atoms. The summed E-state index contributed by atoms with van der Waals surface area (Å²) >= 11 is 3.80. The molecular formula is C16H17Br. The maximum absolute atomic E-state index is 3.80. The Hall–Kier alpha value is -1.08. The molecule has 1 atom stereocenters. The summed E-state index contributed by atoms with van der Waals surface area (Å²) in [5.74, 6) is 0. The summed E-state index contributed by atoms with van der Waals surface area (Å²) in [5.41, 5.74) is 6.68. The van der Waals surface area contributed by atoms with Gasteiger partial charge in [-0.25, -0.2) is 0 Å². The molecule has 2 rings (SSSR count). The Balaban J connectivity index is 2.40. The lowest BCUT2D eigenvalue weighted by Crippen LogP contribution is -1.96. The van der Waals surface area contributed by atoms with Crippen LogP contribution in [0.5, 0.6) is 0 Å². The Labute approximate surface area is 112 Å². The van der Waals surface area contributed by atoms with Crippen LogP contribution in [0.25, 0.3) is 0 Å². The van der Waals surface area contributed by atoms with Gasteiger partial charge in [0.05, 0.1) is 4.83 Å². The first-order valence-corrected chi connectivity index (χ1v) is 6.78. The predicted octanol–water partition coefficient (Wildman–Crippen LogP) is 5.10. The van der Waals surface area contributed by atoms with Crippen LogP contribution in [-0.2, 0) is 0 Å². The first-order chi connectivity index (χ1) is 8.09. The topological polar surface area (TPSA) is 0 Å². The molecule has 0 amide bonds. The third kappa shape index (κ3) is 2.61. The van der Waals surface area contributed by atoms with Gasteiger partial charge in [0, 0.05) is 0 Å². The fourth-order valence-electron chi connectivity index (χ4n) is 1.97. The van der Waals surface area contributed by atoms with Crippen molar-refractivity contribution in [3.05, 3.63) is 70.3 Å². The molecule has 0 aromatic heterocycles. The zero-order valence-electron chi connectivity index (χ0n) is 10.5. The number of hydrogen-bond donors (Lipinski definition) is 0. The molecule has 2 aromatic rings. The first kappa shape index (κ1) is 12.4. The van der Waals surface area contributed by atoms with E-state index in [-0.39, 0.29) is 4.83 Å². The number of benzene rings is 2. The van der Waals surface area contributed by atoms with E-state index in [2.05, 4.69) is 79.2 Å². The molecule has 1 heteroatoms. The first-order valence-electron chi connectivity index (χ1n) is 5.86. The van der Waals surface area contributed by atoms with E-state index in [1.54, 1.807) is 0 Å². The molecule has 0 aliphatic rings. The van der Waals surface area contributed by atoms with Crippen molar-refractivity contribution in [3.8, 4) is 0 Å². The molecule has 0 spiro atoms. The van der Waals surface area contributed by atoms with Crippen molar-refractivity contribution < 1.29 is 0 Å². The molecular weight excluding hydrogens is 272 g/mol. The van der Waals surface area contributed by atoms with Crippen LogP contribution in [0.2, 0.25) is 0 Å². The highest BCUT2D eigenvalue weighted by Gasteiger charge is 2.12. The van der Waals surface area contributed by atoms with Gasteiger partial charge < -0.3 is 0 Å². The van der Waals surface area contributed by atoms with Crippen LogP contribution in [0.15, 0.2) is 42.5 Å². The predicted molar refractivity (Wildman–Crippen MR) is 77.9 cm³/mol. The quantitative estimate of drug-likeness (QED) is 0.675. The van der Waals surface area contributed by atoms with Crippen molar-refractivity contribution in [3.63, 3.8) is 0 Å². The largest absolute Gasteiger partial charge is 0.0786 e. The molecule has 0 N–H and O–H groups in total. The molecule has 2 aromatic carbocycles. The van der Waals surface area contributed by atoms with E-state index in [9.17, 15) is 0 Å². The van der Waals surface area contributed by atoms with Gasteiger partial charge in [0.25, 0.3) is 0 Å². The van der Waals surface area contributed by atoms with Crippen LogP contribution in [0, 0.1) is 20.8 Å². The highest BCUT2D eigenvalue weighted by Crippen LogP contribution is 2.33. The molecule has 0 aliphatic carbocycles. The smallest absolute Gasteiger partial charge is 0.0647 e. The van der Waals surface area contributed by atoms with Gasteiger partial charge in [-0.1, -0.05) is 58.4 Å². The van der Waals surface area contributed by atoms with Crippen molar-refractivity contribution in [1.82, 2.24) is 0 Å². The second-order valence-corrected chi connectivity index (χ2v) is 5.48. The fourth-order valence-corrected chi connectivity index (χ4v) is 2.77. The van der Waals surface area contributed by atoms with E-state index in [1.807, 2.05) is 0 Å². The summed E-state index contributed by atoms with van der Waals surface area (Å²) in [7, 11) is 0. The Morgan fingerprint density at radius 2 is 1.53 bits per heavy atom. The third-order valence-corrected chi connectivity index (χ3v) is 4.31. The molecule has 0 radical (unpaired) electrons. The van der Waals surface area contributed by atoms with E-state index in [0.717, 1.165) is 0 Å². The van der Waals surface area contributed by atoms with Crippen LogP contribution in [0.1, 0.15) is 32.6 Å². The maximum Gasteiger partial charge on any atom is 0.0647 e. The normalized spacial score (nSPS) is 12.5. The monoisotopic (exact) mass is 288 g/mol. The molecule has 88 valence electrons. The Kier molecular flexibility index (Phi) is 3.68. The number of hydrogen-bond acceptors (Lipinski definition) is 0. The van der Waals surface area contributed by atoms with Gasteiger partial charge >= 0.3 is 0 Å². The van der Waals surface area contributed by atoms with Crippen LogP contribution in [-0.4, -0.2) is 0 Å². The molecule has 0 heterocycles. The lowest BCUT2D eigenvalue weighted by molar-refractivity contribution is 1.13. The molecule has 0 saturated carbocycles. The molecule has 0 nitrogen and oxygen atoms in total. The molecule has 0 aliphatic heterocycles. The summed E-state index contributed by atoms with van der Waals surface area (Å²) in [5, 5.41) is 0. The second kappa shape index (κ2) is 5.05. The van der Waals surface area contributed by atoms with Gasteiger partial charge in [-0.15, -0.1) is 0 Å². The zero-order chi connectivity index (χ0) is 12.4. The maximum atomic E-state index is 3.80. The van der Waals surface area contributed by atoms with Gasteiger partial charge in [-0.05, 0) is 48.6 Å². The average Bonchev–Trinajstić information content (AvgIpc) is 2.32. The van der Waals surface area contributed by atoms with Gasteiger partial charge in [0.15, 0.2) is 0 Å². The Morgan fingerprint density at radius 1 is 0.824 bits per heavy atom. The van der Waals surface area contributed by atoms with Crippen molar-refractivity contribution in [2.75, 3.05) is 0 Å². The minimum Gasteiger partial charge on any atom is -0.0786 e. The van der Waals surface area contributed by atoms with Crippen molar-refractivity contribution in [1.29, 1.82) is 0 Å². The standard InChI is InChI=1S/C16H17Br/c1-11-8-9-14(10-13(11)3)16(17)15-7-5-4-6-12(15)2/h4-10,16H,1-3H3. The fraction of sp³-hybridized carbons (Fsp3) is 0.250. The molecule has 0 saturated heterocycles. The van der Waals surface area contributed by atoms with E-state index in [1.165, 1.54) is 27.8 Å². The molecule has 1 unspecified atom stereocenters. The van der Waals surface area contributed by atoms with Crippen LogP contribution in [0.3, 0.4) is 0 Å². The van der Waals surface area contributed by atoms with Crippen molar-refractivity contribution in [2.24, 2.45) is 0 Å². The SMILES string of the molecule is Cc1ccc(C(Br)c2ccccc2C)cc1C. The Bertz CT molecular complexity index is 529. The number of aryl methyl sites for hydroxylation is 3. The lowest BCUT2D eigenvalue weighted by Gasteiger charge is -2.14. The van der Waals surface area contributed by atoms with Crippen LogP contribution >= 0.6 is 15.9 Å². The molecule has 0 fully saturated rings.